The molecule has 0 aliphatic carbocycles. The van der Waals surface area contributed by atoms with E-state index in [-0.39, 0.29) is 0 Å². The summed E-state index contributed by atoms with van der Waals surface area (Å²) in [6.07, 6.45) is -0.507. The predicted octanol–water partition coefficient (Wildman–Crippen LogP) is 1.05. The molecular formula is C12H18O7. The summed E-state index contributed by atoms with van der Waals surface area (Å²) in [7, 11) is 3.05. The fourth-order valence-corrected chi connectivity index (χ4v) is 2.65. The summed E-state index contributed by atoms with van der Waals surface area (Å²) in [6.45, 7) is 5.64. The number of rotatable bonds is 3. The molecule has 3 rings (SSSR count). The average molecular weight is 274 g/mol. The molecule has 0 N–H and O–H groups in total. The standard InChI is InChI=1S/C12H18O7/c1-10(2)15-6-7(16-10)12-9(14-5)8(13-4)11(3,17-12)18-19-12/h7H,6H2,1-5H3/t7-,11?,12?/m0/s1. The summed E-state index contributed by atoms with van der Waals surface area (Å²) in [5.74, 6) is -2.27. The van der Waals surface area contributed by atoms with E-state index in [2.05, 4.69) is 0 Å². The van der Waals surface area contributed by atoms with E-state index in [1.807, 2.05) is 13.8 Å². The Hall–Kier alpha value is -0.860. The van der Waals surface area contributed by atoms with Crippen LogP contribution in [0.4, 0.5) is 0 Å². The predicted molar refractivity (Wildman–Crippen MR) is 60.3 cm³/mol. The van der Waals surface area contributed by atoms with Crippen molar-refractivity contribution >= 4 is 0 Å². The topological polar surface area (TPSA) is 64.6 Å². The molecule has 108 valence electrons. The Bertz CT molecular complexity index is 432. The Labute approximate surface area is 111 Å². The van der Waals surface area contributed by atoms with Crippen LogP contribution in [-0.2, 0) is 33.5 Å². The first-order valence-corrected chi connectivity index (χ1v) is 6.09. The number of methoxy groups -OCH3 is 2. The third-order valence-corrected chi connectivity index (χ3v) is 3.45. The molecule has 19 heavy (non-hydrogen) atoms. The van der Waals surface area contributed by atoms with Gasteiger partial charge in [-0.25, -0.2) is 0 Å². The van der Waals surface area contributed by atoms with Gasteiger partial charge in [0.15, 0.2) is 5.79 Å². The van der Waals surface area contributed by atoms with Crippen LogP contribution in [0, 0.1) is 0 Å². The molecule has 3 atom stereocenters. The lowest BCUT2D eigenvalue weighted by Crippen LogP contribution is -2.47. The van der Waals surface area contributed by atoms with Crippen LogP contribution in [0.2, 0.25) is 0 Å². The third kappa shape index (κ3) is 1.63. The van der Waals surface area contributed by atoms with Gasteiger partial charge in [-0.15, -0.1) is 0 Å². The summed E-state index contributed by atoms with van der Waals surface area (Å²) in [5, 5.41) is 0. The van der Waals surface area contributed by atoms with E-state index in [1.54, 1.807) is 6.92 Å². The smallest absolute Gasteiger partial charge is 0.295 e. The molecule has 3 aliphatic heterocycles. The van der Waals surface area contributed by atoms with Crippen LogP contribution in [0.25, 0.3) is 0 Å². The molecule has 0 aromatic carbocycles. The van der Waals surface area contributed by atoms with E-state index >= 15 is 0 Å². The minimum absolute atomic E-state index is 0.302. The molecule has 0 aromatic heterocycles. The summed E-state index contributed by atoms with van der Waals surface area (Å²) >= 11 is 0. The van der Waals surface area contributed by atoms with E-state index in [4.69, 9.17) is 33.5 Å². The van der Waals surface area contributed by atoms with E-state index < -0.39 is 23.5 Å². The van der Waals surface area contributed by atoms with Crippen molar-refractivity contribution in [1.82, 2.24) is 0 Å². The quantitative estimate of drug-likeness (QED) is 0.712. The largest absolute Gasteiger partial charge is 0.492 e. The van der Waals surface area contributed by atoms with Crippen LogP contribution in [-0.4, -0.2) is 44.3 Å². The lowest BCUT2D eigenvalue weighted by atomic mass is 10.1. The monoisotopic (exact) mass is 274 g/mol. The molecule has 3 aliphatic rings. The number of hydrogen-bond acceptors (Lipinski definition) is 7. The Morgan fingerprint density at radius 1 is 1.05 bits per heavy atom. The van der Waals surface area contributed by atoms with E-state index in [0.29, 0.717) is 18.1 Å². The number of hydrogen-bond donors (Lipinski definition) is 0. The molecule has 7 nitrogen and oxygen atoms in total. The SMILES string of the molecule is COC1=C(OC)C2([C@@H]3COC(C)(C)O3)OOC1(C)O2. The first kappa shape index (κ1) is 13.1. The van der Waals surface area contributed by atoms with Gasteiger partial charge in [0.2, 0.25) is 11.5 Å². The fraction of sp³-hybridized carbons (Fsp3) is 0.833. The van der Waals surface area contributed by atoms with Crippen molar-refractivity contribution in [2.45, 2.75) is 44.2 Å². The van der Waals surface area contributed by atoms with Gasteiger partial charge in [-0.1, -0.05) is 0 Å². The summed E-state index contributed by atoms with van der Waals surface area (Å²) in [4.78, 5) is 10.6. The van der Waals surface area contributed by atoms with Crippen molar-refractivity contribution in [3.8, 4) is 0 Å². The molecule has 0 radical (unpaired) electrons. The number of ether oxygens (including phenoxy) is 5. The van der Waals surface area contributed by atoms with Crippen molar-refractivity contribution in [3.05, 3.63) is 11.5 Å². The van der Waals surface area contributed by atoms with Crippen LogP contribution >= 0.6 is 0 Å². The molecular weight excluding hydrogens is 256 g/mol. The van der Waals surface area contributed by atoms with Crippen molar-refractivity contribution in [3.63, 3.8) is 0 Å². The maximum atomic E-state index is 5.86. The maximum Gasteiger partial charge on any atom is 0.295 e. The van der Waals surface area contributed by atoms with Crippen molar-refractivity contribution in [2.24, 2.45) is 0 Å². The second-order valence-electron chi connectivity index (χ2n) is 5.27. The van der Waals surface area contributed by atoms with E-state index in [1.165, 1.54) is 14.2 Å². The molecule has 0 saturated carbocycles. The molecule has 3 heterocycles. The summed E-state index contributed by atoms with van der Waals surface area (Å²) < 4.78 is 27.9. The lowest BCUT2D eigenvalue weighted by molar-refractivity contribution is -0.369. The zero-order valence-corrected chi connectivity index (χ0v) is 11.6. The first-order chi connectivity index (χ1) is 8.87. The van der Waals surface area contributed by atoms with Crippen LogP contribution in [0.15, 0.2) is 11.5 Å². The third-order valence-electron chi connectivity index (χ3n) is 3.45. The molecule has 2 unspecified atom stereocenters. The Morgan fingerprint density at radius 2 is 1.74 bits per heavy atom. The Balaban J connectivity index is 1.99. The van der Waals surface area contributed by atoms with E-state index in [9.17, 15) is 0 Å². The summed E-state index contributed by atoms with van der Waals surface area (Å²) in [6, 6.07) is 0. The maximum absolute atomic E-state index is 5.86. The van der Waals surface area contributed by atoms with Gasteiger partial charge < -0.3 is 18.9 Å². The fourth-order valence-electron chi connectivity index (χ4n) is 2.65. The second kappa shape index (κ2) is 3.83. The minimum Gasteiger partial charge on any atom is -0.492 e. The summed E-state index contributed by atoms with van der Waals surface area (Å²) in [5.41, 5.74) is 0. The highest BCUT2D eigenvalue weighted by Gasteiger charge is 2.71. The normalized spacial score (nSPS) is 43.9. The lowest BCUT2D eigenvalue weighted by Gasteiger charge is -2.29. The van der Waals surface area contributed by atoms with Crippen molar-refractivity contribution in [2.75, 3.05) is 20.8 Å². The van der Waals surface area contributed by atoms with Gasteiger partial charge in [0.05, 0.1) is 20.8 Å². The highest BCUT2D eigenvalue weighted by molar-refractivity contribution is 5.28. The minimum atomic E-state index is -1.29. The molecule has 2 fully saturated rings. The van der Waals surface area contributed by atoms with E-state index in [0.717, 1.165) is 0 Å². The Kier molecular flexibility index (Phi) is 2.65. The van der Waals surface area contributed by atoms with Gasteiger partial charge in [0.25, 0.3) is 11.6 Å². The van der Waals surface area contributed by atoms with Crippen molar-refractivity contribution < 1.29 is 33.5 Å². The second-order valence-corrected chi connectivity index (χ2v) is 5.27. The van der Waals surface area contributed by atoms with Gasteiger partial charge in [0.1, 0.15) is 6.10 Å². The molecule has 0 spiro atoms. The molecule has 0 amide bonds. The highest BCUT2D eigenvalue weighted by Crippen LogP contribution is 2.54. The van der Waals surface area contributed by atoms with Gasteiger partial charge >= 0.3 is 0 Å². The van der Waals surface area contributed by atoms with Crippen LogP contribution in [0.5, 0.6) is 0 Å². The first-order valence-electron chi connectivity index (χ1n) is 6.09. The van der Waals surface area contributed by atoms with Crippen LogP contribution in [0.1, 0.15) is 20.8 Å². The molecule has 0 aromatic rings. The van der Waals surface area contributed by atoms with Gasteiger partial charge in [-0.2, -0.15) is 9.78 Å². The molecule has 2 bridgehead atoms. The molecule has 7 heteroatoms. The van der Waals surface area contributed by atoms with Gasteiger partial charge in [-0.05, 0) is 13.8 Å². The van der Waals surface area contributed by atoms with Crippen LogP contribution in [0.3, 0.4) is 0 Å². The van der Waals surface area contributed by atoms with Crippen molar-refractivity contribution in [1.29, 1.82) is 0 Å². The highest BCUT2D eigenvalue weighted by atomic mass is 17.3. The molecule has 2 saturated heterocycles. The Morgan fingerprint density at radius 3 is 2.26 bits per heavy atom. The zero-order valence-electron chi connectivity index (χ0n) is 11.6. The van der Waals surface area contributed by atoms with Gasteiger partial charge in [-0.3, -0.25) is 4.74 Å². The average Bonchev–Trinajstić information content (AvgIpc) is 2.95. The van der Waals surface area contributed by atoms with Crippen LogP contribution < -0.4 is 0 Å². The number of fused-ring (bicyclic) bond motifs is 2. The zero-order chi connectivity index (χ0) is 13.9. The van der Waals surface area contributed by atoms with Gasteiger partial charge in [0, 0.05) is 6.92 Å².